The number of nitrogens with one attached hydrogen (secondary N) is 1. The van der Waals surface area contributed by atoms with Gasteiger partial charge in [-0.05, 0) is 23.8 Å². The summed E-state index contributed by atoms with van der Waals surface area (Å²) in [6, 6.07) is 3.01. The third-order valence-electron chi connectivity index (χ3n) is 3.45. The summed E-state index contributed by atoms with van der Waals surface area (Å²) in [4.78, 5) is 0.0825. The molecule has 0 unspecified atom stereocenters. The molecule has 0 saturated carbocycles. The van der Waals surface area contributed by atoms with E-state index in [0.29, 0.717) is 22.9 Å². The Bertz CT molecular complexity index is 902. The molecule has 0 aliphatic carbocycles. The number of H-pyrrole nitrogens is 1. The predicted molar refractivity (Wildman–Crippen MR) is 90.8 cm³/mol. The van der Waals surface area contributed by atoms with Crippen LogP contribution in [0.25, 0.3) is 0 Å². The molecule has 3 N–H and O–H groups in total. The number of methoxy groups -OCH3 is 2. The number of hydrogen-bond acceptors (Lipinski definition) is 7. The zero-order chi connectivity index (χ0) is 18.1. The summed E-state index contributed by atoms with van der Waals surface area (Å²) >= 11 is 4.98. The van der Waals surface area contributed by atoms with E-state index in [1.807, 2.05) is 0 Å². The van der Waals surface area contributed by atoms with Crippen LogP contribution in [0.4, 0.5) is 0 Å². The molecule has 0 bridgehead atoms. The molecule has 9 nitrogen and oxygen atoms in total. The fourth-order valence-electron chi connectivity index (χ4n) is 2.11. The number of hydrogen-bond donors (Lipinski definition) is 2. The van der Waals surface area contributed by atoms with Gasteiger partial charge >= 0.3 is 0 Å². The maximum absolute atomic E-state index is 12.6. The highest BCUT2D eigenvalue weighted by atomic mass is 32.2. The van der Waals surface area contributed by atoms with Crippen LogP contribution in [-0.2, 0) is 16.4 Å². The van der Waals surface area contributed by atoms with Gasteiger partial charge in [-0.1, -0.05) is 0 Å². The van der Waals surface area contributed by atoms with Crippen LogP contribution >= 0.6 is 12.2 Å². The molecule has 1 aromatic carbocycles. The molecule has 0 aliphatic heterocycles. The number of sulfonamides is 1. The molecule has 0 saturated heterocycles. The van der Waals surface area contributed by atoms with E-state index in [0.717, 1.165) is 4.31 Å². The van der Waals surface area contributed by atoms with Crippen LogP contribution in [0.3, 0.4) is 0 Å². The Morgan fingerprint density at radius 3 is 2.33 bits per heavy atom. The molecule has 11 heteroatoms. The number of rotatable bonds is 6. The molecular weight excluding hydrogens is 354 g/mol. The third-order valence-corrected chi connectivity index (χ3v) is 5.64. The molecule has 0 aliphatic rings. The van der Waals surface area contributed by atoms with E-state index >= 15 is 0 Å². The summed E-state index contributed by atoms with van der Waals surface area (Å²) in [6.07, 6.45) is 0.145. The Kier molecular flexibility index (Phi) is 5.16. The highest BCUT2D eigenvalue weighted by Crippen LogP contribution is 2.34. The number of aromatic nitrogens is 3. The highest BCUT2D eigenvalue weighted by Gasteiger charge is 2.25. The highest BCUT2D eigenvalue weighted by molar-refractivity contribution is 7.89. The number of aromatic amines is 1. The topological polar surface area (TPSA) is 115 Å². The SMILES string of the molecule is COc1cc(Cc2n[nH]c(=S)n2N)c(S(=O)(=O)N(C)C)cc1OC. The fraction of sp³-hybridized carbons (Fsp3) is 0.385. The number of nitrogens with zero attached hydrogens (tertiary/aromatic N) is 3. The molecule has 0 atom stereocenters. The lowest BCUT2D eigenvalue weighted by Crippen LogP contribution is -2.24. The number of nitrogens with two attached hydrogens (primary N) is 1. The van der Waals surface area contributed by atoms with Gasteiger partial charge in [-0.2, -0.15) is 5.10 Å². The fourth-order valence-corrected chi connectivity index (χ4v) is 3.37. The number of benzene rings is 1. The first-order valence-corrected chi connectivity index (χ1v) is 8.66. The van der Waals surface area contributed by atoms with Crippen molar-refractivity contribution in [2.45, 2.75) is 11.3 Å². The quantitative estimate of drug-likeness (QED) is 0.560. The lowest BCUT2D eigenvalue weighted by atomic mass is 10.1. The Labute approximate surface area is 145 Å². The molecule has 1 aromatic heterocycles. The van der Waals surface area contributed by atoms with Crippen molar-refractivity contribution in [1.82, 2.24) is 19.2 Å². The largest absolute Gasteiger partial charge is 0.493 e. The van der Waals surface area contributed by atoms with Gasteiger partial charge in [0.2, 0.25) is 14.8 Å². The van der Waals surface area contributed by atoms with Gasteiger partial charge in [0.05, 0.1) is 19.1 Å². The van der Waals surface area contributed by atoms with Crippen molar-refractivity contribution in [3.8, 4) is 11.5 Å². The van der Waals surface area contributed by atoms with E-state index in [1.165, 1.54) is 39.1 Å². The normalized spacial score (nSPS) is 11.7. The monoisotopic (exact) mass is 373 g/mol. The summed E-state index contributed by atoms with van der Waals surface area (Å²) in [7, 11) is 2.11. The predicted octanol–water partition coefficient (Wildman–Crippen LogP) is 0.513. The first-order valence-electron chi connectivity index (χ1n) is 6.81. The van der Waals surface area contributed by atoms with E-state index in [4.69, 9.17) is 27.5 Å². The first kappa shape index (κ1) is 18.2. The smallest absolute Gasteiger partial charge is 0.242 e. The Morgan fingerprint density at radius 1 is 1.29 bits per heavy atom. The average molecular weight is 373 g/mol. The Hall–Kier alpha value is -2.11. The number of nitrogen functional groups attached to an aromatic ring is 1. The van der Waals surface area contributed by atoms with Crippen LogP contribution in [0.1, 0.15) is 11.4 Å². The van der Waals surface area contributed by atoms with Crippen molar-refractivity contribution in [2.24, 2.45) is 0 Å². The van der Waals surface area contributed by atoms with Crippen LogP contribution in [0.2, 0.25) is 0 Å². The molecular formula is C13H19N5O4S2. The van der Waals surface area contributed by atoms with E-state index in [9.17, 15) is 8.42 Å². The lowest BCUT2D eigenvalue weighted by Gasteiger charge is -2.18. The molecule has 2 aromatic rings. The van der Waals surface area contributed by atoms with Gasteiger partial charge in [-0.15, -0.1) is 0 Å². The molecule has 1 heterocycles. The van der Waals surface area contributed by atoms with Crippen molar-refractivity contribution in [2.75, 3.05) is 34.2 Å². The Balaban J connectivity index is 2.67. The first-order chi connectivity index (χ1) is 11.2. The standard InChI is InChI=1S/C13H19N5O4S2/c1-17(2)24(19,20)11-7-10(22-4)9(21-3)5-8(11)6-12-15-16-13(23)18(12)14/h5,7H,6,14H2,1-4H3,(H,16,23). The van der Waals surface area contributed by atoms with Gasteiger partial charge in [0.15, 0.2) is 17.3 Å². The van der Waals surface area contributed by atoms with Crippen LogP contribution in [0.5, 0.6) is 11.5 Å². The third kappa shape index (κ3) is 3.23. The van der Waals surface area contributed by atoms with Crippen LogP contribution in [0.15, 0.2) is 17.0 Å². The van der Waals surface area contributed by atoms with E-state index in [1.54, 1.807) is 6.07 Å². The summed E-state index contributed by atoms with van der Waals surface area (Å²) in [5.41, 5.74) is 0.460. The van der Waals surface area contributed by atoms with E-state index in [-0.39, 0.29) is 16.1 Å². The summed E-state index contributed by atoms with van der Waals surface area (Å²) < 4.78 is 38.3. The van der Waals surface area contributed by atoms with Crippen molar-refractivity contribution in [3.63, 3.8) is 0 Å². The van der Waals surface area contributed by atoms with Crippen LogP contribution in [-0.4, -0.2) is 55.9 Å². The van der Waals surface area contributed by atoms with Crippen LogP contribution in [0, 0.1) is 4.77 Å². The van der Waals surface area contributed by atoms with Gasteiger partial charge in [-0.3, -0.25) is 5.10 Å². The van der Waals surface area contributed by atoms with Crippen molar-refractivity contribution in [1.29, 1.82) is 0 Å². The van der Waals surface area contributed by atoms with E-state index < -0.39 is 10.0 Å². The van der Waals surface area contributed by atoms with Gasteiger partial charge in [0, 0.05) is 26.6 Å². The minimum atomic E-state index is -3.71. The molecule has 0 spiro atoms. The lowest BCUT2D eigenvalue weighted by molar-refractivity contribution is 0.353. The minimum Gasteiger partial charge on any atom is -0.493 e. The summed E-state index contributed by atoms with van der Waals surface area (Å²) in [5, 5.41) is 6.58. The van der Waals surface area contributed by atoms with Gasteiger partial charge < -0.3 is 15.3 Å². The molecule has 2 rings (SSSR count). The minimum absolute atomic E-state index is 0.0825. The second-order valence-electron chi connectivity index (χ2n) is 5.09. The second kappa shape index (κ2) is 6.79. The summed E-state index contributed by atoms with van der Waals surface area (Å²) in [5.74, 6) is 6.91. The Morgan fingerprint density at radius 2 is 1.88 bits per heavy atom. The van der Waals surface area contributed by atoms with Gasteiger partial charge in [0.25, 0.3) is 0 Å². The zero-order valence-corrected chi connectivity index (χ0v) is 15.4. The molecule has 0 amide bonds. The molecule has 24 heavy (non-hydrogen) atoms. The van der Waals surface area contributed by atoms with Gasteiger partial charge in [0.1, 0.15) is 0 Å². The van der Waals surface area contributed by atoms with Crippen molar-refractivity contribution >= 4 is 22.2 Å². The van der Waals surface area contributed by atoms with Gasteiger partial charge in [-0.25, -0.2) is 17.4 Å². The molecule has 0 fully saturated rings. The average Bonchev–Trinajstić information content (AvgIpc) is 2.86. The zero-order valence-electron chi connectivity index (χ0n) is 13.7. The molecule has 0 radical (unpaired) electrons. The van der Waals surface area contributed by atoms with E-state index in [2.05, 4.69) is 10.2 Å². The molecule has 132 valence electrons. The maximum atomic E-state index is 12.6. The van der Waals surface area contributed by atoms with Crippen molar-refractivity contribution < 1.29 is 17.9 Å². The van der Waals surface area contributed by atoms with Crippen LogP contribution < -0.4 is 15.3 Å². The number of ether oxygens (including phenoxy) is 2. The summed E-state index contributed by atoms with van der Waals surface area (Å²) in [6.45, 7) is 0. The second-order valence-corrected chi connectivity index (χ2v) is 7.60. The maximum Gasteiger partial charge on any atom is 0.242 e. The van der Waals surface area contributed by atoms with Crippen molar-refractivity contribution in [3.05, 3.63) is 28.3 Å².